The molecule has 1 aliphatic heterocycles. The van der Waals surface area contributed by atoms with Crippen LogP contribution in [0.25, 0.3) is 0 Å². The van der Waals surface area contributed by atoms with Gasteiger partial charge in [-0.05, 0) is 25.1 Å². The maximum absolute atomic E-state index is 12.9. The Bertz CT molecular complexity index is 778. The minimum atomic E-state index is -4.61. The Kier molecular flexibility index (Phi) is 7.43. The molecular weight excluding hydrogens is 399 g/mol. The first-order valence-electron chi connectivity index (χ1n) is 8.86. The van der Waals surface area contributed by atoms with E-state index < -0.39 is 21.8 Å². The topological polar surface area (TPSA) is 80.2 Å². The number of sulfonamides is 1. The first-order valence-corrected chi connectivity index (χ1v) is 10.3. The van der Waals surface area contributed by atoms with Gasteiger partial charge in [-0.25, -0.2) is 8.42 Å². The van der Waals surface area contributed by atoms with Crippen LogP contribution in [-0.4, -0.2) is 71.1 Å². The highest BCUT2D eigenvalue weighted by Crippen LogP contribution is 2.31. The molecule has 1 atom stereocenters. The van der Waals surface area contributed by atoms with Crippen LogP contribution in [0.3, 0.4) is 0 Å². The third-order valence-corrected chi connectivity index (χ3v) is 6.67. The van der Waals surface area contributed by atoms with Crippen LogP contribution in [0.15, 0.2) is 29.2 Å². The number of halogens is 3. The summed E-state index contributed by atoms with van der Waals surface area (Å²) in [6.07, 6.45) is -4.61. The smallest absolute Gasteiger partial charge is 0.383 e. The molecular formula is C17H25F3N3O4S+. The molecule has 1 saturated heterocycles. The standard InChI is InChI=1S/C17H24F3N3O4S/c1-13(16(24)21-6-11-27-2)22-7-9-23(10-8-22)28(25,26)15-5-3-4-14(12-15)17(18,19)20/h3-5,12-13H,6-11H2,1-2H3,(H,21,24)/p+1/t13-/m1/s1. The van der Waals surface area contributed by atoms with Crippen LogP contribution in [-0.2, 0) is 25.7 Å². The molecule has 0 unspecified atom stereocenters. The molecule has 2 rings (SSSR count). The van der Waals surface area contributed by atoms with Crippen molar-refractivity contribution in [1.82, 2.24) is 9.62 Å². The number of piperazine rings is 1. The van der Waals surface area contributed by atoms with E-state index in [1.807, 2.05) is 0 Å². The molecule has 11 heteroatoms. The Labute approximate surface area is 162 Å². The average Bonchev–Trinajstić information content (AvgIpc) is 2.67. The summed E-state index contributed by atoms with van der Waals surface area (Å²) >= 11 is 0. The number of nitrogens with one attached hydrogen (secondary N) is 2. The van der Waals surface area contributed by atoms with Crippen molar-refractivity contribution in [3.8, 4) is 0 Å². The molecule has 0 bridgehead atoms. The fourth-order valence-electron chi connectivity index (χ4n) is 3.04. The lowest BCUT2D eigenvalue weighted by molar-refractivity contribution is -0.917. The van der Waals surface area contributed by atoms with Crippen LogP contribution in [0.4, 0.5) is 13.2 Å². The number of ether oxygens (including phenoxy) is 1. The van der Waals surface area contributed by atoms with Gasteiger partial charge in [0.15, 0.2) is 6.04 Å². The van der Waals surface area contributed by atoms with Crippen molar-refractivity contribution >= 4 is 15.9 Å². The molecule has 0 radical (unpaired) electrons. The van der Waals surface area contributed by atoms with Gasteiger partial charge in [0.1, 0.15) is 0 Å². The lowest BCUT2D eigenvalue weighted by Gasteiger charge is -2.34. The van der Waals surface area contributed by atoms with Crippen molar-refractivity contribution in [3.63, 3.8) is 0 Å². The molecule has 0 saturated carbocycles. The number of alkyl halides is 3. The maximum Gasteiger partial charge on any atom is 0.416 e. The Hall–Kier alpha value is -1.69. The number of quaternary nitrogens is 1. The summed E-state index contributed by atoms with van der Waals surface area (Å²) in [6.45, 7) is 3.58. The molecule has 0 aromatic heterocycles. The van der Waals surface area contributed by atoms with Crippen LogP contribution >= 0.6 is 0 Å². The Morgan fingerprint density at radius 2 is 1.96 bits per heavy atom. The van der Waals surface area contributed by atoms with Crippen molar-refractivity contribution in [2.24, 2.45) is 0 Å². The highest BCUT2D eigenvalue weighted by atomic mass is 32.2. The van der Waals surface area contributed by atoms with E-state index in [1.54, 1.807) is 6.92 Å². The molecule has 7 nitrogen and oxygen atoms in total. The zero-order valence-electron chi connectivity index (χ0n) is 15.8. The third kappa shape index (κ3) is 5.43. The largest absolute Gasteiger partial charge is 0.416 e. The third-order valence-electron chi connectivity index (χ3n) is 4.77. The predicted molar refractivity (Wildman–Crippen MR) is 95.2 cm³/mol. The van der Waals surface area contributed by atoms with Gasteiger partial charge in [-0.3, -0.25) is 4.79 Å². The average molecular weight is 424 g/mol. The summed E-state index contributed by atoms with van der Waals surface area (Å²) in [4.78, 5) is 12.7. The summed E-state index contributed by atoms with van der Waals surface area (Å²) in [5, 5.41) is 2.75. The molecule has 1 aromatic carbocycles. The molecule has 1 aromatic rings. The molecule has 0 aliphatic carbocycles. The second-order valence-corrected chi connectivity index (χ2v) is 8.53. The fourth-order valence-corrected chi connectivity index (χ4v) is 4.53. The van der Waals surface area contributed by atoms with Gasteiger partial charge in [0.05, 0.1) is 43.2 Å². The van der Waals surface area contributed by atoms with Crippen LogP contribution in [0.1, 0.15) is 12.5 Å². The minimum absolute atomic E-state index is 0.129. The molecule has 1 amide bonds. The van der Waals surface area contributed by atoms with Crippen molar-refractivity contribution < 1.29 is 36.0 Å². The van der Waals surface area contributed by atoms with Gasteiger partial charge in [-0.15, -0.1) is 0 Å². The second-order valence-electron chi connectivity index (χ2n) is 6.59. The first-order chi connectivity index (χ1) is 13.1. The molecule has 28 heavy (non-hydrogen) atoms. The van der Waals surface area contributed by atoms with Gasteiger partial charge in [0.25, 0.3) is 5.91 Å². The highest BCUT2D eigenvalue weighted by molar-refractivity contribution is 7.89. The van der Waals surface area contributed by atoms with Crippen molar-refractivity contribution in [2.75, 3.05) is 46.4 Å². The van der Waals surface area contributed by atoms with Crippen molar-refractivity contribution in [3.05, 3.63) is 29.8 Å². The highest BCUT2D eigenvalue weighted by Gasteiger charge is 2.36. The van der Waals surface area contributed by atoms with Gasteiger partial charge in [-0.1, -0.05) is 6.07 Å². The number of rotatable bonds is 7. The SMILES string of the molecule is COCCNC(=O)[C@@H](C)[NH+]1CCN(S(=O)(=O)c2cccc(C(F)(F)F)c2)CC1. The Morgan fingerprint density at radius 1 is 1.32 bits per heavy atom. The molecule has 1 fully saturated rings. The zero-order chi connectivity index (χ0) is 20.9. The zero-order valence-corrected chi connectivity index (χ0v) is 16.6. The normalized spacial score (nSPS) is 18.0. The number of amides is 1. The van der Waals surface area contributed by atoms with Crippen LogP contribution in [0.5, 0.6) is 0 Å². The molecule has 1 aliphatic rings. The van der Waals surface area contributed by atoms with Gasteiger partial charge in [0.2, 0.25) is 10.0 Å². The molecule has 2 N–H and O–H groups in total. The van der Waals surface area contributed by atoms with E-state index in [9.17, 15) is 26.4 Å². The predicted octanol–water partition coefficient (Wildman–Crippen LogP) is -0.254. The summed E-state index contributed by atoms with van der Waals surface area (Å²) in [7, 11) is -2.50. The lowest BCUT2D eigenvalue weighted by Crippen LogP contribution is -3.19. The number of hydrogen-bond donors (Lipinski definition) is 2. The van der Waals surface area contributed by atoms with Gasteiger partial charge >= 0.3 is 6.18 Å². The lowest BCUT2D eigenvalue weighted by atomic mass is 10.2. The maximum atomic E-state index is 12.9. The summed E-state index contributed by atoms with van der Waals surface area (Å²) in [6, 6.07) is 3.38. The Morgan fingerprint density at radius 3 is 2.54 bits per heavy atom. The first kappa shape index (κ1) is 22.6. The van der Waals surface area contributed by atoms with E-state index >= 15 is 0 Å². The van der Waals surface area contributed by atoms with Crippen molar-refractivity contribution in [1.29, 1.82) is 0 Å². The number of benzene rings is 1. The van der Waals surface area contributed by atoms with E-state index in [1.165, 1.54) is 11.4 Å². The number of nitrogens with zero attached hydrogens (tertiary/aromatic N) is 1. The molecule has 158 valence electrons. The van der Waals surface area contributed by atoms with E-state index in [0.29, 0.717) is 32.3 Å². The second kappa shape index (κ2) is 9.21. The van der Waals surface area contributed by atoms with Gasteiger partial charge in [-0.2, -0.15) is 17.5 Å². The number of carbonyl (C=O) groups is 1. The molecule has 0 spiro atoms. The van der Waals surface area contributed by atoms with Gasteiger partial charge < -0.3 is 15.0 Å². The quantitative estimate of drug-likeness (QED) is 0.592. The van der Waals surface area contributed by atoms with Crippen molar-refractivity contribution in [2.45, 2.75) is 24.0 Å². The Balaban J connectivity index is 2.01. The van der Waals surface area contributed by atoms with E-state index in [2.05, 4.69) is 5.32 Å². The fraction of sp³-hybridized carbons (Fsp3) is 0.588. The number of methoxy groups -OCH3 is 1. The summed E-state index contributed by atoms with van der Waals surface area (Å²) in [5.74, 6) is -0.152. The summed E-state index contributed by atoms with van der Waals surface area (Å²) < 4.78 is 70.1. The van der Waals surface area contributed by atoms with E-state index in [0.717, 1.165) is 23.1 Å². The van der Waals surface area contributed by atoms with Gasteiger partial charge in [0, 0.05) is 13.7 Å². The van der Waals surface area contributed by atoms with E-state index in [-0.39, 0.29) is 29.9 Å². The van der Waals surface area contributed by atoms with Crippen LogP contribution < -0.4 is 10.2 Å². The van der Waals surface area contributed by atoms with Crippen LogP contribution in [0, 0.1) is 0 Å². The number of carbonyl (C=O) groups excluding carboxylic acids is 1. The number of hydrogen-bond acceptors (Lipinski definition) is 4. The summed E-state index contributed by atoms with van der Waals surface area (Å²) in [5.41, 5.74) is -1.00. The van der Waals surface area contributed by atoms with E-state index in [4.69, 9.17) is 4.74 Å². The van der Waals surface area contributed by atoms with Crippen LogP contribution in [0.2, 0.25) is 0 Å². The molecule has 1 heterocycles. The minimum Gasteiger partial charge on any atom is -0.383 e. The monoisotopic (exact) mass is 424 g/mol.